The smallest absolute Gasteiger partial charge is 0.234 e. The van der Waals surface area contributed by atoms with E-state index in [2.05, 4.69) is 43.1 Å². The van der Waals surface area contributed by atoms with Crippen molar-refractivity contribution < 1.29 is 14.3 Å². The van der Waals surface area contributed by atoms with Crippen molar-refractivity contribution in [3.8, 4) is 22.9 Å². The summed E-state index contributed by atoms with van der Waals surface area (Å²) >= 11 is 3.47. The minimum atomic E-state index is -0.115. The first kappa shape index (κ1) is 19.5. The number of anilines is 1. The van der Waals surface area contributed by atoms with Gasteiger partial charge in [-0.3, -0.25) is 9.89 Å². The zero-order valence-corrected chi connectivity index (χ0v) is 17.6. The van der Waals surface area contributed by atoms with Crippen molar-refractivity contribution in [3.05, 3.63) is 46.0 Å². The van der Waals surface area contributed by atoms with Gasteiger partial charge in [-0.1, -0.05) is 11.8 Å². The van der Waals surface area contributed by atoms with Crippen LogP contribution in [0.3, 0.4) is 0 Å². The summed E-state index contributed by atoms with van der Waals surface area (Å²) in [6.45, 7) is 0. The maximum atomic E-state index is 12.1. The highest BCUT2D eigenvalue weighted by Gasteiger charge is 2.11. The largest absolute Gasteiger partial charge is 0.497 e. The summed E-state index contributed by atoms with van der Waals surface area (Å²) in [5.41, 5.74) is 1.55. The van der Waals surface area contributed by atoms with Gasteiger partial charge in [0, 0.05) is 20.9 Å². The molecule has 0 radical (unpaired) electrons. The van der Waals surface area contributed by atoms with E-state index in [-0.39, 0.29) is 11.7 Å². The van der Waals surface area contributed by atoms with Gasteiger partial charge in [-0.25, -0.2) is 4.98 Å². The zero-order chi connectivity index (χ0) is 19.2. The molecular formula is C18H17IN4O3S. The predicted molar refractivity (Wildman–Crippen MR) is 113 cm³/mol. The Bertz CT molecular complexity index is 908. The molecule has 0 spiro atoms. The van der Waals surface area contributed by atoms with Crippen LogP contribution in [0.5, 0.6) is 11.5 Å². The fourth-order valence-corrected chi connectivity index (χ4v) is 3.20. The van der Waals surface area contributed by atoms with Crippen LogP contribution >= 0.6 is 34.4 Å². The fourth-order valence-electron chi connectivity index (χ4n) is 2.24. The van der Waals surface area contributed by atoms with Crippen molar-refractivity contribution >= 4 is 45.9 Å². The third-order valence-electron chi connectivity index (χ3n) is 3.55. The van der Waals surface area contributed by atoms with Gasteiger partial charge in [0.25, 0.3) is 0 Å². The van der Waals surface area contributed by atoms with Gasteiger partial charge in [-0.05, 0) is 59.0 Å². The van der Waals surface area contributed by atoms with E-state index in [1.807, 2.05) is 36.4 Å². The highest BCUT2D eigenvalue weighted by molar-refractivity contribution is 14.1. The number of nitrogens with one attached hydrogen (secondary N) is 2. The van der Waals surface area contributed by atoms with Crippen LogP contribution in [0, 0.1) is 3.57 Å². The van der Waals surface area contributed by atoms with Gasteiger partial charge >= 0.3 is 0 Å². The topological polar surface area (TPSA) is 89.1 Å². The van der Waals surface area contributed by atoms with Crippen LogP contribution in [0.1, 0.15) is 0 Å². The molecule has 1 aromatic heterocycles. The lowest BCUT2D eigenvalue weighted by Crippen LogP contribution is -2.14. The van der Waals surface area contributed by atoms with Crippen LogP contribution in [0.25, 0.3) is 11.4 Å². The molecule has 0 unspecified atom stereocenters. The molecule has 0 saturated carbocycles. The van der Waals surface area contributed by atoms with Crippen LogP contribution in [0.15, 0.2) is 47.6 Å². The Morgan fingerprint density at radius 1 is 1.15 bits per heavy atom. The molecule has 7 nitrogen and oxygen atoms in total. The molecule has 140 valence electrons. The van der Waals surface area contributed by atoms with E-state index >= 15 is 0 Å². The van der Waals surface area contributed by atoms with Gasteiger partial charge < -0.3 is 14.8 Å². The first-order valence-corrected chi connectivity index (χ1v) is 9.98. The minimum Gasteiger partial charge on any atom is -0.497 e. The van der Waals surface area contributed by atoms with Crippen LogP contribution < -0.4 is 14.8 Å². The van der Waals surface area contributed by atoms with E-state index in [1.165, 1.54) is 11.8 Å². The molecule has 9 heteroatoms. The van der Waals surface area contributed by atoms with Gasteiger partial charge in [0.2, 0.25) is 11.1 Å². The molecule has 0 fully saturated rings. The molecule has 0 aliphatic carbocycles. The molecule has 2 N–H and O–H groups in total. The second-order valence-corrected chi connectivity index (χ2v) is 7.60. The molecule has 2 aromatic carbocycles. The van der Waals surface area contributed by atoms with Crippen LogP contribution in [-0.2, 0) is 4.79 Å². The van der Waals surface area contributed by atoms with E-state index in [9.17, 15) is 4.79 Å². The van der Waals surface area contributed by atoms with Crippen molar-refractivity contribution in [1.29, 1.82) is 0 Å². The Labute approximate surface area is 174 Å². The number of hydrogen-bond donors (Lipinski definition) is 2. The number of thioether (sulfide) groups is 1. The Morgan fingerprint density at radius 2 is 1.81 bits per heavy atom. The van der Waals surface area contributed by atoms with E-state index in [4.69, 9.17) is 9.47 Å². The van der Waals surface area contributed by atoms with Crippen molar-refractivity contribution in [2.24, 2.45) is 0 Å². The Balaban J connectivity index is 1.62. The van der Waals surface area contributed by atoms with Gasteiger partial charge in [-0.2, -0.15) is 0 Å². The normalized spacial score (nSPS) is 10.5. The molecule has 27 heavy (non-hydrogen) atoms. The Morgan fingerprint density at radius 3 is 2.44 bits per heavy atom. The number of aromatic amines is 1. The number of halogens is 1. The van der Waals surface area contributed by atoms with Gasteiger partial charge in [0.05, 0.1) is 20.0 Å². The summed E-state index contributed by atoms with van der Waals surface area (Å²) in [7, 11) is 3.18. The zero-order valence-electron chi connectivity index (χ0n) is 14.7. The molecule has 0 aliphatic heterocycles. The van der Waals surface area contributed by atoms with Crippen molar-refractivity contribution in [1.82, 2.24) is 15.2 Å². The molecule has 0 atom stereocenters. The highest BCUT2D eigenvalue weighted by atomic mass is 127. The van der Waals surface area contributed by atoms with Crippen molar-refractivity contribution in [3.63, 3.8) is 0 Å². The Hall–Kier alpha value is -2.27. The Kier molecular flexibility index (Phi) is 6.56. The first-order chi connectivity index (χ1) is 13.1. The molecule has 0 saturated heterocycles. The summed E-state index contributed by atoms with van der Waals surface area (Å²) in [5.74, 6) is 1.99. The third kappa shape index (κ3) is 5.36. The molecular weight excluding hydrogens is 479 g/mol. The monoisotopic (exact) mass is 496 g/mol. The van der Waals surface area contributed by atoms with Gasteiger partial charge in [0.1, 0.15) is 11.5 Å². The minimum absolute atomic E-state index is 0.115. The number of aromatic nitrogens is 3. The lowest BCUT2D eigenvalue weighted by Gasteiger charge is -2.06. The van der Waals surface area contributed by atoms with E-state index < -0.39 is 0 Å². The standard InChI is InChI=1S/C18H17IN4O3S/c1-25-14-7-11(8-15(9-14)26-2)17-21-18(23-22-17)27-10-16(24)20-13-5-3-12(19)4-6-13/h3-9H,10H2,1-2H3,(H,20,24)(H,21,22,23). The number of carbonyl (C=O) groups excluding carboxylic acids is 1. The number of ether oxygens (including phenoxy) is 2. The summed E-state index contributed by atoms with van der Waals surface area (Å²) in [6, 6.07) is 13.1. The number of carbonyl (C=O) groups is 1. The maximum absolute atomic E-state index is 12.1. The number of benzene rings is 2. The average Bonchev–Trinajstić information content (AvgIpc) is 3.17. The highest BCUT2D eigenvalue weighted by Crippen LogP contribution is 2.28. The number of rotatable bonds is 7. The molecule has 1 heterocycles. The number of H-pyrrole nitrogens is 1. The van der Waals surface area contributed by atoms with Gasteiger partial charge in [0.15, 0.2) is 5.82 Å². The molecule has 1 amide bonds. The molecule has 3 aromatic rings. The molecule has 0 bridgehead atoms. The lowest BCUT2D eigenvalue weighted by atomic mass is 10.2. The average molecular weight is 496 g/mol. The van der Waals surface area contributed by atoms with Crippen LogP contribution in [0.2, 0.25) is 0 Å². The van der Waals surface area contributed by atoms with E-state index in [0.29, 0.717) is 22.5 Å². The fraction of sp³-hybridized carbons (Fsp3) is 0.167. The van der Waals surface area contributed by atoms with Crippen molar-refractivity contribution in [2.45, 2.75) is 5.16 Å². The second kappa shape index (κ2) is 9.09. The predicted octanol–water partition coefficient (Wildman–Crippen LogP) is 3.82. The van der Waals surface area contributed by atoms with Crippen LogP contribution in [0.4, 0.5) is 5.69 Å². The van der Waals surface area contributed by atoms with Crippen LogP contribution in [-0.4, -0.2) is 41.1 Å². The van der Waals surface area contributed by atoms with Gasteiger partial charge in [-0.15, -0.1) is 5.10 Å². The summed E-state index contributed by atoms with van der Waals surface area (Å²) < 4.78 is 11.6. The SMILES string of the molecule is COc1cc(OC)cc(-c2nc(SCC(=O)Nc3ccc(I)cc3)n[nH]2)c1. The van der Waals surface area contributed by atoms with E-state index in [1.54, 1.807) is 20.3 Å². The van der Waals surface area contributed by atoms with Crippen molar-refractivity contribution in [2.75, 3.05) is 25.3 Å². The first-order valence-electron chi connectivity index (χ1n) is 7.91. The summed E-state index contributed by atoms with van der Waals surface area (Å²) in [5, 5.41) is 10.4. The quantitative estimate of drug-likeness (QED) is 0.382. The second-order valence-electron chi connectivity index (χ2n) is 5.41. The summed E-state index contributed by atoms with van der Waals surface area (Å²) in [4.78, 5) is 16.5. The lowest BCUT2D eigenvalue weighted by molar-refractivity contribution is -0.113. The molecule has 0 aliphatic rings. The number of nitrogens with zero attached hydrogens (tertiary/aromatic N) is 2. The maximum Gasteiger partial charge on any atom is 0.234 e. The molecule has 3 rings (SSSR count). The number of methoxy groups -OCH3 is 2. The summed E-state index contributed by atoms with van der Waals surface area (Å²) in [6.07, 6.45) is 0. The number of hydrogen-bond acceptors (Lipinski definition) is 6. The third-order valence-corrected chi connectivity index (χ3v) is 5.12. The number of amides is 1. The van der Waals surface area contributed by atoms with E-state index in [0.717, 1.165) is 14.8 Å².